The average Bonchev–Trinajstić information content (AvgIpc) is 3.27. The topological polar surface area (TPSA) is 41.1 Å². The summed E-state index contributed by atoms with van der Waals surface area (Å²) in [5.41, 5.74) is 0.316. The largest absolute Gasteiger partial charge is 0.355 e. The van der Waals surface area contributed by atoms with E-state index in [0.29, 0.717) is 17.2 Å². The minimum absolute atomic E-state index is 0. The maximum Gasteiger partial charge on any atom is 0.223 e. The summed E-state index contributed by atoms with van der Waals surface area (Å²) in [4.78, 5) is 12.3. The van der Waals surface area contributed by atoms with Gasteiger partial charge in [0.05, 0.1) is 0 Å². The van der Waals surface area contributed by atoms with E-state index in [2.05, 4.69) is 17.6 Å². The van der Waals surface area contributed by atoms with E-state index in [1.165, 1.54) is 44.9 Å². The molecule has 3 fully saturated rings. The summed E-state index contributed by atoms with van der Waals surface area (Å²) in [7, 11) is 0. The van der Waals surface area contributed by atoms with Crippen LogP contribution in [0.1, 0.15) is 58.3 Å². The fraction of sp³-hybridized carbons (Fsp3) is 0.941. The first-order valence-corrected chi connectivity index (χ1v) is 8.66. The van der Waals surface area contributed by atoms with Crippen molar-refractivity contribution in [3.05, 3.63) is 0 Å². The summed E-state index contributed by atoms with van der Waals surface area (Å²) in [5, 5.41) is 6.66. The molecular weight excluding hydrogens is 284 g/mol. The van der Waals surface area contributed by atoms with Gasteiger partial charge in [-0.05, 0) is 49.6 Å². The molecule has 1 aliphatic heterocycles. The maximum absolute atomic E-state index is 12.3. The van der Waals surface area contributed by atoms with E-state index < -0.39 is 0 Å². The predicted molar refractivity (Wildman–Crippen MR) is 88.6 cm³/mol. The van der Waals surface area contributed by atoms with Gasteiger partial charge < -0.3 is 10.6 Å². The number of halogens is 1. The van der Waals surface area contributed by atoms with Crippen LogP contribution in [0, 0.1) is 23.2 Å². The van der Waals surface area contributed by atoms with Crippen LogP contribution in [0.3, 0.4) is 0 Å². The number of rotatable bonds is 4. The van der Waals surface area contributed by atoms with Crippen LogP contribution in [-0.2, 0) is 4.79 Å². The van der Waals surface area contributed by atoms with E-state index in [4.69, 9.17) is 0 Å². The molecule has 122 valence electrons. The molecule has 0 radical (unpaired) electrons. The number of nitrogens with one attached hydrogen (secondary N) is 2. The van der Waals surface area contributed by atoms with Gasteiger partial charge in [0.25, 0.3) is 0 Å². The molecule has 1 amide bonds. The molecule has 0 bridgehead atoms. The highest BCUT2D eigenvalue weighted by Crippen LogP contribution is 2.49. The second kappa shape index (κ2) is 7.32. The predicted octanol–water partition coefficient (Wildman–Crippen LogP) is 3.13. The molecule has 1 saturated heterocycles. The Bertz CT molecular complexity index is 349. The number of hydrogen-bond acceptors (Lipinski definition) is 2. The molecule has 2 unspecified atom stereocenters. The van der Waals surface area contributed by atoms with E-state index in [1.807, 2.05) is 0 Å². The van der Waals surface area contributed by atoms with E-state index in [-0.39, 0.29) is 12.4 Å². The summed E-state index contributed by atoms with van der Waals surface area (Å²) >= 11 is 0. The molecular formula is C17H31ClN2O. The summed E-state index contributed by atoms with van der Waals surface area (Å²) in [5.74, 6) is 2.27. The summed E-state index contributed by atoms with van der Waals surface area (Å²) in [6, 6.07) is 0. The van der Waals surface area contributed by atoms with Gasteiger partial charge in [-0.2, -0.15) is 0 Å². The Morgan fingerprint density at radius 3 is 2.52 bits per heavy atom. The van der Waals surface area contributed by atoms with E-state index >= 15 is 0 Å². The Hall–Kier alpha value is -0.280. The van der Waals surface area contributed by atoms with Crippen LogP contribution >= 0.6 is 12.4 Å². The lowest BCUT2D eigenvalue weighted by Crippen LogP contribution is -2.43. The first-order valence-electron chi connectivity index (χ1n) is 8.66. The molecule has 3 nitrogen and oxygen atoms in total. The zero-order chi connectivity index (χ0) is 14.0. The number of amides is 1. The summed E-state index contributed by atoms with van der Waals surface area (Å²) in [6.07, 6.45) is 10.5. The van der Waals surface area contributed by atoms with Gasteiger partial charge >= 0.3 is 0 Å². The second-order valence-electron chi connectivity index (χ2n) is 7.68. The van der Waals surface area contributed by atoms with Crippen LogP contribution in [0.2, 0.25) is 0 Å². The highest BCUT2D eigenvalue weighted by atomic mass is 35.5. The summed E-state index contributed by atoms with van der Waals surface area (Å²) < 4.78 is 0. The van der Waals surface area contributed by atoms with Crippen LogP contribution in [0.5, 0.6) is 0 Å². The lowest BCUT2D eigenvalue weighted by Gasteiger charge is -2.34. The van der Waals surface area contributed by atoms with Crippen LogP contribution in [0.15, 0.2) is 0 Å². The normalized spacial score (nSPS) is 32.0. The molecule has 0 aromatic heterocycles. The van der Waals surface area contributed by atoms with Crippen molar-refractivity contribution in [1.29, 1.82) is 0 Å². The molecule has 2 saturated carbocycles. The van der Waals surface area contributed by atoms with Crippen molar-refractivity contribution >= 4 is 18.3 Å². The van der Waals surface area contributed by atoms with Crippen molar-refractivity contribution in [1.82, 2.24) is 10.6 Å². The monoisotopic (exact) mass is 314 g/mol. The molecule has 3 rings (SSSR count). The Balaban J connectivity index is 0.00000161. The van der Waals surface area contributed by atoms with Crippen LogP contribution in [0.4, 0.5) is 0 Å². The smallest absolute Gasteiger partial charge is 0.223 e. The standard InChI is InChI=1S/C17H30N2O.ClH/c1-17(7-9-18-10-8-17)12-19-16(20)15-11-14(15)13-5-3-2-4-6-13;/h13-15,18H,2-12H2,1H3,(H,19,20);1H. The van der Waals surface area contributed by atoms with Gasteiger partial charge in [-0.1, -0.05) is 39.0 Å². The van der Waals surface area contributed by atoms with Crippen LogP contribution in [-0.4, -0.2) is 25.5 Å². The Morgan fingerprint density at radius 1 is 1.19 bits per heavy atom. The first kappa shape index (κ1) is 17.1. The highest BCUT2D eigenvalue weighted by molar-refractivity contribution is 5.85. The SMILES string of the molecule is CC1(CNC(=O)C2CC2C2CCCCC2)CCNCC1.Cl. The third-order valence-electron chi connectivity index (χ3n) is 5.93. The molecule has 0 aromatic carbocycles. The minimum Gasteiger partial charge on any atom is -0.355 e. The van der Waals surface area contributed by atoms with Crippen molar-refractivity contribution in [2.45, 2.75) is 58.3 Å². The molecule has 0 aromatic rings. The molecule has 2 N–H and O–H groups in total. The first-order chi connectivity index (χ1) is 9.68. The zero-order valence-electron chi connectivity index (χ0n) is 13.3. The Labute approximate surface area is 135 Å². The lowest BCUT2D eigenvalue weighted by molar-refractivity contribution is -0.123. The molecule has 21 heavy (non-hydrogen) atoms. The van der Waals surface area contributed by atoms with E-state index in [1.54, 1.807) is 0 Å². The summed E-state index contributed by atoms with van der Waals surface area (Å²) in [6.45, 7) is 5.39. The van der Waals surface area contributed by atoms with Gasteiger partial charge in [-0.3, -0.25) is 4.79 Å². The van der Waals surface area contributed by atoms with Gasteiger partial charge in [0, 0.05) is 12.5 Å². The van der Waals surface area contributed by atoms with Gasteiger partial charge in [0.1, 0.15) is 0 Å². The van der Waals surface area contributed by atoms with Gasteiger partial charge in [-0.25, -0.2) is 0 Å². The molecule has 3 aliphatic rings. The minimum atomic E-state index is 0. The molecule has 4 heteroatoms. The number of piperidine rings is 1. The van der Waals surface area contributed by atoms with Crippen molar-refractivity contribution in [3.63, 3.8) is 0 Å². The van der Waals surface area contributed by atoms with E-state index in [9.17, 15) is 4.79 Å². The van der Waals surface area contributed by atoms with Crippen LogP contribution < -0.4 is 10.6 Å². The van der Waals surface area contributed by atoms with Crippen molar-refractivity contribution < 1.29 is 4.79 Å². The van der Waals surface area contributed by atoms with E-state index in [0.717, 1.165) is 37.9 Å². The lowest BCUT2D eigenvalue weighted by atomic mass is 9.81. The van der Waals surface area contributed by atoms with Crippen molar-refractivity contribution in [2.24, 2.45) is 23.2 Å². The Kier molecular flexibility index (Phi) is 5.96. The third-order valence-corrected chi connectivity index (χ3v) is 5.93. The molecule has 1 heterocycles. The maximum atomic E-state index is 12.3. The van der Waals surface area contributed by atoms with Crippen molar-refractivity contribution in [2.75, 3.05) is 19.6 Å². The fourth-order valence-corrected chi connectivity index (χ4v) is 4.24. The fourth-order valence-electron chi connectivity index (χ4n) is 4.24. The molecule has 2 aliphatic carbocycles. The van der Waals surface area contributed by atoms with Crippen molar-refractivity contribution in [3.8, 4) is 0 Å². The van der Waals surface area contributed by atoms with Crippen LogP contribution in [0.25, 0.3) is 0 Å². The molecule has 0 spiro atoms. The average molecular weight is 315 g/mol. The van der Waals surface area contributed by atoms with Gasteiger partial charge in [0.2, 0.25) is 5.91 Å². The zero-order valence-corrected chi connectivity index (χ0v) is 14.1. The Morgan fingerprint density at radius 2 is 1.86 bits per heavy atom. The van der Waals surface area contributed by atoms with Gasteiger partial charge in [0.15, 0.2) is 0 Å². The quantitative estimate of drug-likeness (QED) is 0.837. The third kappa shape index (κ3) is 4.35. The number of carbonyl (C=O) groups is 1. The second-order valence-corrected chi connectivity index (χ2v) is 7.68. The van der Waals surface area contributed by atoms with Gasteiger partial charge in [-0.15, -0.1) is 12.4 Å². The number of hydrogen-bond donors (Lipinski definition) is 2. The number of carbonyl (C=O) groups excluding carboxylic acids is 1. The highest BCUT2D eigenvalue weighted by Gasteiger charge is 2.47. The molecule has 2 atom stereocenters.